The smallest absolute Gasteiger partial charge is 0.270 e. The molecule has 1 saturated carbocycles. The Labute approximate surface area is 229 Å². The van der Waals surface area contributed by atoms with Gasteiger partial charge in [0, 0.05) is 24.4 Å². The van der Waals surface area contributed by atoms with Gasteiger partial charge in [0.05, 0.1) is 6.04 Å². The summed E-state index contributed by atoms with van der Waals surface area (Å²) in [5, 5.41) is 5.48. The van der Waals surface area contributed by atoms with Crippen LogP contribution in [-0.4, -0.2) is 34.8 Å². The van der Waals surface area contributed by atoms with E-state index in [1.165, 1.54) is 16.9 Å². The Hall–Kier alpha value is -3.19. The maximum absolute atomic E-state index is 13.6. The van der Waals surface area contributed by atoms with Crippen LogP contribution in [0.4, 0.5) is 0 Å². The molecule has 0 spiro atoms. The van der Waals surface area contributed by atoms with Gasteiger partial charge in [-0.3, -0.25) is 9.59 Å². The topological polar surface area (TPSA) is 71.5 Å². The van der Waals surface area contributed by atoms with Crippen molar-refractivity contribution in [3.8, 4) is 5.75 Å². The van der Waals surface area contributed by atoms with Gasteiger partial charge in [0.1, 0.15) is 23.1 Å². The van der Waals surface area contributed by atoms with E-state index in [1.807, 2.05) is 24.3 Å². The van der Waals surface area contributed by atoms with Crippen LogP contribution in [0.5, 0.6) is 5.75 Å². The fraction of sp³-hybridized carbons (Fsp3) is 0.452. The fourth-order valence-corrected chi connectivity index (χ4v) is 6.20. The second-order valence-corrected chi connectivity index (χ2v) is 11.7. The molecule has 7 heteroatoms. The molecule has 2 heterocycles. The highest BCUT2D eigenvalue weighted by Crippen LogP contribution is 2.39. The molecule has 200 valence electrons. The number of benzene rings is 2. The average molecular weight is 532 g/mol. The van der Waals surface area contributed by atoms with Crippen LogP contribution in [0.25, 0.3) is 0 Å². The number of amides is 2. The van der Waals surface area contributed by atoms with E-state index in [-0.39, 0.29) is 23.8 Å². The van der Waals surface area contributed by atoms with E-state index < -0.39 is 0 Å². The molecule has 3 aromatic rings. The number of aromatic nitrogens is 1. The Morgan fingerprint density at radius 3 is 2.68 bits per heavy atom. The summed E-state index contributed by atoms with van der Waals surface area (Å²) >= 11 is 1.43. The lowest BCUT2D eigenvalue weighted by molar-refractivity contribution is -0.137. The van der Waals surface area contributed by atoms with Crippen molar-refractivity contribution in [2.45, 2.75) is 65.0 Å². The van der Waals surface area contributed by atoms with Crippen LogP contribution >= 0.6 is 11.3 Å². The molecule has 1 fully saturated rings. The van der Waals surface area contributed by atoms with Crippen molar-refractivity contribution in [3.05, 3.63) is 81.3 Å². The van der Waals surface area contributed by atoms with Gasteiger partial charge in [0.15, 0.2) is 0 Å². The van der Waals surface area contributed by atoms with Gasteiger partial charge in [0.2, 0.25) is 5.91 Å². The molecule has 5 rings (SSSR count). The molecule has 1 atom stereocenters. The van der Waals surface area contributed by atoms with Gasteiger partial charge in [-0.1, -0.05) is 63.1 Å². The van der Waals surface area contributed by atoms with E-state index in [4.69, 9.17) is 4.74 Å². The normalized spacial score (nSPS) is 17.4. The first kappa shape index (κ1) is 26.4. The van der Waals surface area contributed by atoms with E-state index in [1.54, 1.807) is 5.38 Å². The van der Waals surface area contributed by atoms with Crippen LogP contribution < -0.4 is 10.1 Å². The monoisotopic (exact) mass is 531 g/mol. The van der Waals surface area contributed by atoms with Gasteiger partial charge in [-0.2, -0.15) is 0 Å². The summed E-state index contributed by atoms with van der Waals surface area (Å²) in [5.74, 6) is 1.58. The molecule has 38 heavy (non-hydrogen) atoms. The van der Waals surface area contributed by atoms with E-state index in [0.29, 0.717) is 24.8 Å². The van der Waals surface area contributed by atoms with Gasteiger partial charge in [-0.15, -0.1) is 11.3 Å². The zero-order chi connectivity index (χ0) is 26.5. The number of thiazole rings is 1. The van der Waals surface area contributed by atoms with Gasteiger partial charge in [-0.25, -0.2) is 4.98 Å². The summed E-state index contributed by atoms with van der Waals surface area (Å²) in [5.41, 5.74) is 3.96. The standard InChI is InChI=1S/C31H37N3O3S/c1-21(2)14-16-32-30(35)27-20-38-28(33-27)19-37-25-13-12-22-15-17-34(31(36)24-10-6-7-11-24)29(26(22)18-25)23-8-4-3-5-9-23/h3-5,8-9,12-13,18,20-21,24,29H,6-7,10-11,14-17,19H2,1-2H3,(H,32,35). The molecule has 0 saturated heterocycles. The lowest BCUT2D eigenvalue weighted by atomic mass is 9.87. The van der Waals surface area contributed by atoms with Crippen molar-refractivity contribution in [1.29, 1.82) is 0 Å². The van der Waals surface area contributed by atoms with Gasteiger partial charge < -0.3 is 15.0 Å². The summed E-state index contributed by atoms with van der Waals surface area (Å²) in [6, 6.07) is 16.4. The van der Waals surface area contributed by atoms with E-state index >= 15 is 0 Å². The molecule has 2 aliphatic rings. The fourth-order valence-electron chi connectivity index (χ4n) is 5.51. The zero-order valence-electron chi connectivity index (χ0n) is 22.3. The van der Waals surface area contributed by atoms with Crippen LogP contribution in [0, 0.1) is 11.8 Å². The number of carbonyl (C=O) groups is 2. The molecular formula is C31H37N3O3S. The van der Waals surface area contributed by atoms with Crippen molar-refractivity contribution in [1.82, 2.24) is 15.2 Å². The van der Waals surface area contributed by atoms with Crippen molar-refractivity contribution in [2.75, 3.05) is 13.1 Å². The highest BCUT2D eigenvalue weighted by molar-refractivity contribution is 7.09. The number of carbonyl (C=O) groups excluding carboxylic acids is 2. The number of ether oxygens (including phenoxy) is 1. The number of hydrogen-bond acceptors (Lipinski definition) is 5. The largest absolute Gasteiger partial charge is 0.486 e. The predicted molar refractivity (Wildman–Crippen MR) is 150 cm³/mol. The molecule has 2 aromatic carbocycles. The Morgan fingerprint density at radius 2 is 1.92 bits per heavy atom. The molecule has 1 N–H and O–H groups in total. The van der Waals surface area contributed by atoms with Crippen molar-refractivity contribution < 1.29 is 14.3 Å². The second kappa shape index (κ2) is 12.1. The summed E-state index contributed by atoms with van der Waals surface area (Å²) < 4.78 is 6.16. The number of hydrogen-bond donors (Lipinski definition) is 1. The summed E-state index contributed by atoms with van der Waals surface area (Å²) in [4.78, 5) is 32.6. The van der Waals surface area contributed by atoms with Crippen LogP contribution in [-0.2, 0) is 17.8 Å². The quantitative estimate of drug-likeness (QED) is 0.359. The van der Waals surface area contributed by atoms with Crippen LogP contribution in [0.2, 0.25) is 0 Å². The zero-order valence-corrected chi connectivity index (χ0v) is 23.1. The van der Waals surface area contributed by atoms with Crippen molar-refractivity contribution in [3.63, 3.8) is 0 Å². The Morgan fingerprint density at radius 1 is 1.13 bits per heavy atom. The summed E-state index contributed by atoms with van der Waals surface area (Å²) in [6.45, 7) is 5.96. The van der Waals surface area contributed by atoms with E-state index in [9.17, 15) is 9.59 Å². The highest BCUT2D eigenvalue weighted by Gasteiger charge is 2.36. The van der Waals surface area contributed by atoms with E-state index in [0.717, 1.165) is 67.0 Å². The third kappa shape index (κ3) is 6.09. The Balaban J connectivity index is 1.32. The third-order valence-electron chi connectivity index (χ3n) is 7.60. The maximum atomic E-state index is 13.6. The lowest BCUT2D eigenvalue weighted by Gasteiger charge is -2.39. The summed E-state index contributed by atoms with van der Waals surface area (Å²) in [6.07, 6.45) is 6.08. The summed E-state index contributed by atoms with van der Waals surface area (Å²) in [7, 11) is 0. The van der Waals surface area contributed by atoms with Gasteiger partial charge >= 0.3 is 0 Å². The van der Waals surface area contributed by atoms with Crippen molar-refractivity contribution in [2.24, 2.45) is 11.8 Å². The number of fused-ring (bicyclic) bond motifs is 1. The Bertz CT molecular complexity index is 1250. The molecule has 1 aromatic heterocycles. The first-order valence-electron chi connectivity index (χ1n) is 13.8. The number of rotatable bonds is 9. The number of nitrogens with one attached hydrogen (secondary N) is 1. The minimum atomic E-state index is -0.139. The molecule has 2 amide bonds. The third-order valence-corrected chi connectivity index (χ3v) is 8.42. The van der Waals surface area contributed by atoms with Crippen LogP contribution in [0.3, 0.4) is 0 Å². The van der Waals surface area contributed by atoms with Crippen molar-refractivity contribution >= 4 is 23.2 Å². The number of nitrogens with zero attached hydrogens (tertiary/aromatic N) is 2. The molecule has 1 unspecified atom stereocenters. The molecule has 1 aliphatic carbocycles. The van der Waals surface area contributed by atoms with Gasteiger partial charge in [-0.05, 0) is 60.4 Å². The highest BCUT2D eigenvalue weighted by atomic mass is 32.1. The molecule has 0 radical (unpaired) electrons. The van der Waals surface area contributed by atoms with Gasteiger partial charge in [0.25, 0.3) is 5.91 Å². The minimum absolute atomic E-state index is 0.113. The van der Waals surface area contributed by atoms with Crippen LogP contribution in [0.15, 0.2) is 53.9 Å². The Kier molecular flexibility index (Phi) is 8.42. The molecule has 0 bridgehead atoms. The first-order chi connectivity index (χ1) is 18.5. The molecular weight excluding hydrogens is 494 g/mol. The minimum Gasteiger partial charge on any atom is -0.486 e. The molecule has 6 nitrogen and oxygen atoms in total. The predicted octanol–water partition coefficient (Wildman–Crippen LogP) is 6.16. The van der Waals surface area contributed by atoms with E-state index in [2.05, 4.69) is 53.3 Å². The average Bonchev–Trinajstić information content (AvgIpc) is 3.64. The maximum Gasteiger partial charge on any atom is 0.270 e. The van der Waals surface area contributed by atoms with Crippen LogP contribution in [0.1, 0.15) is 84.2 Å². The second-order valence-electron chi connectivity index (χ2n) is 10.8. The molecule has 1 aliphatic heterocycles. The SMILES string of the molecule is CC(C)CCNC(=O)c1csc(COc2ccc3c(c2)C(c2ccccc2)N(C(=O)C2CCCC2)CC3)n1. The first-order valence-corrected chi connectivity index (χ1v) is 14.7. The lowest BCUT2D eigenvalue weighted by Crippen LogP contribution is -2.43.